The average Bonchev–Trinajstić information content (AvgIpc) is 3.07. The van der Waals surface area contributed by atoms with Crippen LogP contribution in [0.3, 0.4) is 0 Å². The molecule has 2 rings (SSSR count). The van der Waals surface area contributed by atoms with E-state index in [-0.39, 0.29) is 12.8 Å². The number of hydrogen-bond acceptors (Lipinski definition) is 6. The fourth-order valence-electron chi connectivity index (χ4n) is 2.52. The molecular weight excluding hydrogens is 308 g/mol. The second-order valence-corrected chi connectivity index (χ2v) is 5.63. The smallest absolute Gasteiger partial charge is 0.338 e. The number of carbonyl (C=O) groups excluding carboxylic acids is 1. The van der Waals surface area contributed by atoms with Crippen LogP contribution in [-0.4, -0.2) is 41.9 Å². The second-order valence-electron chi connectivity index (χ2n) is 5.63. The Hall–Kier alpha value is -2.46. The highest BCUT2D eigenvalue weighted by atomic mass is 16.5. The molecule has 1 heterocycles. The van der Waals surface area contributed by atoms with Crippen molar-refractivity contribution in [2.45, 2.75) is 38.7 Å². The van der Waals surface area contributed by atoms with Crippen LogP contribution in [0.4, 0.5) is 5.69 Å². The van der Waals surface area contributed by atoms with E-state index in [1.165, 1.54) is 0 Å². The van der Waals surface area contributed by atoms with E-state index in [4.69, 9.17) is 10.00 Å². The maximum Gasteiger partial charge on any atom is 0.338 e. The van der Waals surface area contributed by atoms with Crippen LogP contribution in [0.1, 0.15) is 42.1 Å². The van der Waals surface area contributed by atoms with E-state index >= 15 is 0 Å². The number of rotatable bonds is 7. The van der Waals surface area contributed by atoms with Crippen molar-refractivity contribution in [2.75, 3.05) is 19.7 Å². The predicted octanol–water partition coefficient (Wildman–Crippen LogP) is 2.77. The van der Waals surface area contributed by atoms with Gasteiger partial charge in [-0.25, -0.2) is 4.79 Å². The van der Waals surface area contributed by atoms with Gasteiger partial charge in [-0.2, -0.15) is 5.26 Å². The van der Waals surface area contributed by atoms with Gasteiger partial charge in [0, 0.05) is 19.5 Å². The molecule has 0 spiro atoms. The molecule has 1 fully saturated rings. The summed E-state index contributed by atoms with van der Waals surface area (Å²) in [7, 11) is 0. The minimum atomic E-state index is -0.812. The summed E-state index contributed by atoms with van der Waals surface area (Å²) >= 11 is 0. The number of aliphatic hydroxyl groups is 1. The molecule has 1 aromatic rings. The van der Waals surface area contributed by atoms with E-state index in [0.29, 0.717) is 23.4 Å². The summed E-state index contributed by atoms with van der Waals surface area (Å²) in [5.41, 5.74) is 1.66. The number of ether oxygens (including phenoxy) is 1. The van der Waals surface area contributed by atoms with Gasteiger partial charge >= 0.3 is 5.97 Å². The summed E-state index contributed by atoms with van der Waals surface area (Å²) in [5.74, 6) is -0.420. The van der Waals surface area contributed by atoms with Crippen LogP contribution in [0, 0.1) is 11.3 Å². The van der Waals surface area contributed by atoms with Gasteiger partial charge < -0.3 is 9.84 Å². The topological polar surface area (TPSA) is 98.3 Å². The van der Waals surface area contributed by atoms with Gasteiger partial charge in [0.1, 0.15) is 0 Å². The molecular formula is C17H22N4O3. The van der Waals surface area contributed by atoms with E-state index in [1.54, 1.807) is 25.1 Å². The molecule has 0 aromatic heterocycles. The van der Waals surface area contributed by atoms with E-state index in [2.05, 4.69) is 10.3 Å². The average molecular weight is 330 g/mol. The van der Waals surface area contributed by atoms with Crippen molar-refractivity contribution < 1.29 is 14.6 Å². The number of carbonyl (C=O) groups is 1. The van der Waals surface area contributed by atoms with Gasteiger partial charge in [-0.05, 0) is 43.5 Å². The lowest BCUT2D eigenvalue weighted by Crippen LogP contribution is -2.12. The minimum Gasteiger partial charge on any atom is -0.462 e. The maximum atomic E-state index is 11.9. The Labute approximate surface area is 141 Å². The molecule has 1 saturated heterocycles. The Morgan fingerprint density at radius 1 is 1.46 bits per heavy atom. The normalized spacial score (nSPS) is 15.5. The van der Waals surface area contributed by atoms with Crippen LogP contribution in [0.2, 0.25) is 0 Å². The summed E-state index contributed by atoms with van der Waals surface area (Å²) in [6.45, 7) is 3.81. The van der Waals surface area contributed by atoms with Crippen molar-refractivity contribution in [3.63, 3.8) is 0 Å². The number of esters is 1. The third-order valence-corrected chi connectivity index (χ3v) is 3.73. The predicted molar refractivity (Wildman–Crippen MR) is 87.7 cm³/mol. The SMILES string of the molecule is CCOC(=O)c1ccc(N=NN2CCCC2)c(CC(O)CC#N)c1. The van der Waals surface area contributed by atoms with Crippen LogP contribution < -0.4 is 0 Å². The summed E-state index contributed by atoms with van der Waals surface area (Å²) in [6.07, 6.45) is 1.65. The molecule has 7 nitrogen and oxygen atoms in total. The molecule has 1 aliphatic rings. The van der Waals surface area contributed by atoms with Crippen LogP contribution in [0.25, 0.3) is 0 Å². The molecule has 0 bridgehead atoms. The van der Waals surface area contributed by atoms with Gasteiger partial charge in [0.15, 0.2) is 0 Å². The second kappa shape index (κ2) is 8.99. The highest BCUT2D eigenvalue weighted by Crippen LogP contribution is 2.25. The van der Waals surface area contributed by atoms with Crippen molar-refractivity contribution >= 4 is 11.7 Å². The molecule has 0 saturated carbocycles. The minimum absolute atomic E-state index is 0.0202. The molecule has 7 heteroatoms. The van der Waals surface area contributed by atoms with Crippen molar-refractivity contribution in [3.05, 3.63) is 29.3 Å². The molecule has 1 unspecified atom stereocenters. The quantitative estimate of drug-likeness (QED) is 0.612. The fraction of sp³-hybridized carbons (Fsp3) is 0.529. The van der Waals surface area contributed by atoms with Crippen LogP contribution >= 0.6 is 0 Å². The zero-order chi connectivity index (χ0) is 17.4. The molecule has 128 valence electrons. The summed E-state index contributed by atoms with van der Waals surface area (Å²) in [6, 6.07) is 6.92. The Morgan fingerprint density at radius 2 is 2.21 bits per heavy atom. The first-order valence-electron chi connectivity index (χ1n) is 8.15. The first-order valence-corrected chi connectivity index (χ1v) is 8.15. The largest absolute Gasteiger partial charge is 0.462 e. The molecule has 0 amide bonds. The van der Waals surface area contributed by atoms with Crippen LogP contribution in [0.5, 0.6) is 0 Å². The number of benzene rings is 1. The Morgan fingerprint density at radius 3 is 2.88 bits per heavy atom. The lowest BCUT2D eigenvalue weighted by Gasteiger charge is -2.12. The number of hydrogen-bond donors (Lipinski definition) is 1. The Bertz CT molecular complexity index is 633. The van der Waals surface area contributed by atoms with Crippen LogP contribution in [0.15, 0.2) is 28.5 Å². The van der Waals surface area contributed by atoms with E-state index in [0.717, 1.165) is 25.9 Å². The lowest BCUT2D eigenvalue weighted by molar-refractivity contribution is 0.0526. The molecule has 1 N–H and O–H groups in total. The van der Waals surface area contributed by atoms with Crippen molar-refractivity contribution in [2.24, 2.45) is 10.3 Å². The fourth-order valence-corrected chi connectivity index (χ4v) is 2.52. The molecule has 1 atom stereocenters. The molecule has 1 aliphatic heterocycles. The Balaban J connectivity index is 2.23. The van der Waals surface area contributed by atoms with E-state index in [1.807, 2.05) is 11.1 Å². The first kappa shape index (κ1) is 17.9. The molecule has 24 heavy (non-hydrogen) atoms. The zero-order valence-electron chi connectivity index (χ0n) is 13.8. The van der Waals surface area contributed by atoms with E-state index < -0.39 is 12.1 Å². The third-order valence-electron chi connectivity index (χ3n) is 3.73. The maximum absolute atomic E-state index is 11.9. The van der Waals surface area contributed by atoms with E-state index in [9.17, 15) is 9.90 Å². The summed E-state index contributed by atoms with van der Waals surface area (Å²) < 4.78 is 5.00. The summed E-state index contributed by atoms with van der Waals surface area (Å²) in [5, 5.41) is 29.0. The monoisotopic (exact) mass is 330 g/mol. The zero-order valence-corrected chi connectivity index (χ0v) is 13.8. The van der Waals surface area contributed by atoms with Crippen molar-refractivity contribution in [1.29, 1.82) is 5.26 Å². The van der Waals surface area contributed by atoms with Gasteiger partial charge in [-0.1, -0.05) is 5.22 Å². The molecule has 1 aromatic carbocycles. The number of nitrogens with zero attached hydrogens (tertiary/aromatic N) is 4. The number of nitriles is 1. The first-order chi connectivity index (χ1) is 11.6. The van der Waals surface area contributed by atoms with Gasteiger partial charge in [-0.3, -0.25) is 5.01 Å². The molecule has 0 aliphatic carbocycles. The van der Waals surface area contributed by atoms with Crippen molar-refractivity contribution in [1.82, 2.24) is 5.01 Å². The highest BCUT2D eigenvalue weighted by Gasteiger charge is 2.15. The Kier molecular flexibility index (Phi) is 6.70. The van der Waals surface area contributed by atoms with Gasteiger partial charge in [0.25, 0.3) is 0 Å². The highest BCUT2D eigenvalue weighted by molar-refractivity contribution is 5.90. The molecule has 0 radical (unpaired) electrons. The third kappa shape index (κ3) is 5.03. The van der Waals surface area contributed by atoms with Gasteiger partial charge in [0.05, 0.1) is 36.5 Å². The van der Waals surface area contributed by atoms with Gasteiger partial charge in [-0.15, -0.1) is 5.11 Å². The number of aliphatic hydroxyl groups excluding tert-OH is 1. The van der Waals surface area contributed by atoms with Crippen LogP contribution in [-0.2, 0) is 11.2 Å². The summed E-state index contributed by atoms with van der Waals surface area (Å²) in [4.78, 5) is 11.9. The van der Waals surface area contributed by atoms with Crippen molar-refractivity contribution in [3.8, 4) is 6.07 Å². The van der Waals surface area contributed by atoms with Gasteiger partial charge in [0.2, 0.25) is 0 Å². The standard InChI is InChI=1S/C17H22N4O3/c1-2-24-17(23)13-5-6-16(19-20-21-9-3-4-10-21)14(11-13)12-15(22)7-8-18/h5-6,11,15,22H,2-4,7,9-10,12H2,1H3. The lowest BCUT2D eigenvalue weighted by atomic mass is 10.0.